The van der Waals surface area contributed by atoms with Crippen molar-refractivity contribution in [3.63, 3.8) is 0 Å². The molecule has 152 valence electrons. The first kappa shape index (κ1) is 19.2. The summed E-state index contributed by atoms with van der Waals surface area (Å²) in [5, 5.41) is 14.1. The minimum Gasteiger partial charge on any atom is -0.438 e. The number of pyridine rings is 1. The highest BCUT2D eigenvalue weighted by Gasteiger charge is 2.35. The first-order valence-corrected chi connectivity index (χ1v) is 10.5. The van der Waals surface area contributed by atoms with Crippen molar-refractivity contribution in [3.8, 4) is 11.8 Å². The van der Waals surface area contributed by atoms with Crippen LogP contribution in [0.5, 0.6) is 5.75 Å². The topological polar surface area (TPSA) is 117 Å². The average molecular weight is 448 g/mol. The van der Waals surface area contributed by atoms with E-state index in [2.05, 4.69) is 21.4 Å². The molecule has 1 unspecified atom stereocenters. The molecule has 0 bridgehead atoms. The minimum atomic E-state index is -0.674. The number of para-hydroxylation sites is 1. The van der Waals surface area contributed by atoms with Crippen molar-refractivity contribution in [2.45, 2.75) is 5.92 Å². The van der Waals surface area contributed by atoms with Gasteiger partial charge in [-0.25, -0.2) is 4.98 Å². The van der Waals surface area contributed by atoms with Crippen molar-refractivity contribution < 1.29 is 4.74 Å². The molecule has 7 nitrogen and oxygen atoms in total. The number of thiazole rings is 1. The second kappa shape index (κ2) is 7.47. The van der Waals surface area contributed by atoms with Gasteiger partial charge in [0.25, 0.3) is 5.56 Å². The van der Waals surface area contributed by atoms with Crippen LogP contribution < -0.4 is 21.3 Å². The lowest BCUT2D eigenvalue weighted by Crippen LogP contribution is -2.27. The molecule has 1 atom stereocenters. The van der Waals surface area contributed by atoms with Gasteiger partial charge in [-0.15, -0.1) is 0 Å². The molecule has 0 radical (unpaired) electrons. The van der Waals surface area contributed by atoms with Crippen LogP contribution in [-0.4, -0.2) is 9.97 Å². The number of anilines is 2. The van der Waals surface area contributed by atoms with Crippen molar-refractivity contribution in [1.29, 1.82) is 5.26 Å². The number of rotatable bonds is 3. The van der Waals surface area contributed by atoms with Gasteiger partial charge in [0, 0.05) is 10.7 Å². The van der Waals surface area contributed by atoms with Crippen LogP contribution in [0.15, 0.2) is 70.8 Å². The molecule has 0 amide bonds. The number of halogens is 1. The molecule has 0 saturated carbocycles. The molecule has 0 spiro atoms. The summed E-state index contributed by atoms with van der Waals surface area (Å²) in [7, 11) is 0. The van der Waals surface area contributed by atoms with Crippen LogP contribution in [0.4, 0.5) is 10.8 Å². The summed E-state index contributed by atoms with van der Waals surface area (Å²) in [6, 6.07) is 18.6. The second-order valence-corrected chi connectivity index (χ2v) is 8.30. The van der Waals surface area contributed by atoms with Crippen LogP contribution in [-0.2, 0) is 0 Å². The maximum absolute atomic E-state index is 13.1. The Labute approximate surface area is 185 Å². The number of fused-ring (bicyclic) bond motifs is 3. The average Bonchev–Trinajstić information content (AvgIpc) is 3.16. The van der Waals surface area contributed by atoms with Crippen molar-refractivity contribution in [3.05, 3.63) is 92.6 Å². The lowest BCUT2D eigenvalue weighted by atomic mass is 9.84. The molecule has 1 aliphatic heterocycles. The number of ether oxygens (including phenoxy) is 1. The zero-order chi connectivity index (χ0) is 21.5. The summed E-state index contributed by atoms with van der Waals surface area (Å²) < 4.78 is 6.43. The molecular formula is C22H14ClN5O2S. The molecule has 1 aliphatic rings. The number of nitrogens with two attached hydrogens (primary N) is 1. The van der Waals surface area contributed by atoms with Crippen LogP contribution in [0, 0.1) is 11.3 Å². The van der Waals surface area contributed by atoms with Crippen molar-refractivity contribution >= 4 is 44.1 Å². The fourth-order valence-electron chi connectivity index (χ4n) is 3.58. The third-order valence-electron chi connectivity index (χ3n) is 4.96. The summed E-state index contributed by atoms with van der Waals surface area (Å²) in [6.07, 6.45) is 0. The Bertz CT molecular complexity index is 1440. The van der Waals surface area contributed by atoms with Crippen molar-refractivity contribution in [2.75, 3.05) is 5.32 Å². The SMILES string of the molecule is N#CC1=C(N)Oc2c(c(=O)[nH]c3nc(Nc4ccccc4)sc23)C1c1ccc(Cl)cc1. The van der Waals surface area contributed by atoms with Crippen LogP contribution in [0.3, 0.4) is 0 Å². The van der Waals surface area contributed by atoms with Gasteiger partial charge < -0.3 is 20.8 Å². The molecule has 4 N–H and O–H groups in total. The van der Waals surface area contributed by atoms with Gasteiger partial charge in [-0.2, -0.15) is 5.26 Å². The third-order valence-corrected chi connectivity index (χ3v) is 6.18. The molecular weight excluding hydrogens is 434 g/mol. The van der Waals surface area contributed by atoms with Crippen LogP contribution in [0.2, 0.25) is 5.02 Å². The molecule has 5 rings (SSSR count). The van der Waals surface area contributed by atoms with E-state index in [1.807, 2.05) is 30.3 Å². The van der Waals surface area contributed by atoms with E-state index < -0.39 is 5.92 Å². The number of nitriles is 1. The van der Waals surface area contributed by atoms with E-state index in [-0.39, 0.29) is 17.0 Å². The van der Waals surface area contributed by atoms with E-state index in [4.69, 9.17) is 22.1 Å². The molecule has 2 aromatic carbocycles. The molecule has 0 aliphatic carbocycles. The Morgan fingerprint density at radius 1 is 1.19 bits per heavy atom. The Morgan fingerprint density at radius 3 is 2.65 bits per heavy atom. The van der Waals surface area contributed by atoms with Gasteiger partial charge in [-0.05, 0) is 29.8 Å². The molecule has 9 heteroatoms. The van der Waals surface area contributed by atoms with Gasteiger partial charge in [0.15, 0.2) is 16.5 Å². The van der Waals surface area contributed by atoms with Gasteiger partial charge in [0.1, 0.15) is 16.3 Å². The highest BCUT2D eigenvalue weighted by Crippen LogP contribution is 2.45. The second-order valence-electron chi connectivity index (χ2n) is 6.86. The monoisotopic (exact) mass is 447 g/mol. The first-order valence-electron chi connectivity index (χ1n) is 9.27. The maximum Gasteiger partial charge on any atom is 0.257 e. The van der Waals surface area contributed by atoms with Crippen LogP contribution in [0.25, 0.3) is 10.3 Å². The number of H-pyrrole nitrogens is 1. The minimum absolute atomic E-state index is 0.0344. The molecule has 4 aromatic rings. The fourth-order valence-corrected chi connectivity index (χ4v) is 4.64. The first-order chi connectivity index (χ1) is 15.0. The smallest absolute Gasteiger partial charge is 0.257 e. The zero-order valence-electron chi connectivity index (χ0n) is 15.8. The summed E-state index contributed by atoms with van der Waals surface area (Å²) in [6.45, 7) is 0. The van der Waals surface area contributed by atoms with Gasteiger partial charge in [0.05, 0.1) is 11.5 Å². The zero-order valence-corrected chi connectivity index (χ0v) is 17.4. The van der Waals surface area contributed by atoms with Crippen molar-refractivity contribution in [2.24, 2.45) is 5.73 Å². The predicted octanol–water partition coefficient (Wildman–Crippen LogP) is 4.60. The number of nitrogens with one attached hydrogen (secondary N) is 2. The number of hydrogen-bond acceptors (Lipinski definition) is 7. The van der Waals surface area contributed by atoms with Gasteiger partial charge in [-0.1, -0.05) is 53.3 Å². The Kier molecular flexibility index (Phi) is 4.62. The largest absolute Gasteiger partial charge is 0.438 e. The molecule has 3 heterocycles. The molecule has 0 saturated heterocycles. The quantitative estimate of drug-likeness (QED) is 0.422. The molecule has 0 fully saturated rings. The number of aromatic nitrogens is 2. The Morgan fingerprint density at radius 2 is 1.94 bits per heavy atom. The maximum atomic E-state index is 13.1. The van der Waals surface area contributed by atoms with E-state index >= 15 is 0 Å². The summed E-state index contributed by atoms with van der Waals surface area (Å²) in [5.74, 6) is -0.395. The number of hydrogen-bond donors (Lipinski definition) is 3. The lowest BCUT2D eigenvalue weighted by molar-refractivity contribution is 0.397. The van der Waals surface area contributed by atoms with Crippen LogP contribution >= 0.6 is 22.9 Å². The normalized spacial score (nSPS) is 15.3. The van der Waals surface area contributed by atoms with Gasteiger partial charge >= 0.3 is 0 Å². The highest BCUT2D eigenvalue weighted by atomic mass is 35.5. The van der Waals surface area contributed by atoms with E-state index in [9.17, 15) is 10.1 Å². The number of benzene rings is 2. The number of aromatic amines is 1. The van der Waals surface area contributed by atoms with E-state index in [1.165, 1.54) is 11.3 Å². The number of allylic oxidation sites excluding steroid dienone is 1. The molecule has 2 aromatic heterocycles. The highest BCUT2D eigenvalue weighted by molar-refractivity contribution is 7.22. The predicted molar refractivity (Wildman–Crippen MR) is 121 cm³/mol. The van der Waals surface area contributed by atoms with Crippen LogP contribution in [0.1, 0.15) is 17.0 Å². The van der Waals surface area contributed by atoms with E-state index in [1.54, 1.807) is 24.3 Å². The fraction of sp³-hybridized carbons (Fsp3) is 0.0455. The molecule has 31 heavy (non-hydrogen) atoms. The van der Waals surface area contributed by atoms with Crippen molar-refractivity contribution in [1.82, 2.24) is 9.97 Å². The third kappa shape index (κ3) is 3.30. The van der Waals surface area contributed by atoms with Gasteiger partial charge in [0.2, 0.25) is 5.88 Å². The lowest BCUT2D eigenvalue weighted by Gasteiger charge is -2.25. The Balaban J connectivity index is 1.69. The summed E-state index contributed by atoms with van der Waals surface area (Å²) in [4.78, 5) is 20.4. The Hall–Kier alpha value is -3.80. The number of nitrogens with zero attached hydrogens (tertiary/aromatic N) is 2. The van der Waals surface area contributed by atoms with Gasteiger partial charge in [-0.3, -0.25) is 4.79 Å². The summed E-state index contributed by atoms with van der Waals surface area (Å²) >= 11 is 7.35. The summed E-state index contributed by atoms with van der Waals surface area (Å²) in [5.41, 5.74) is 8.16. The standard InChI is InChI=1S/C22H14ClN5O2S/c23-12-8-6-11(7-9-12)15-14(10-24)19(25)30-17-16(15)21(29)27-20-18(17)31-22(28-20)26-13-4-2-1-3-5-13/h1-9,15H,25H2,(H2,26,27,28,29). The van der Waals surface area contributed by atoms with E-state index in [0.717, 1.165) is 5.69 Å². The van der Waals surface area contributed by atoms with E-state index in [0.29, 0.717) is 37.4 Å².